The van der Waals surface area contributed by atoms with Crippen molar-refractivity contribution < 1.29 is 4.39 Å². The summed E-state index contributed by atoms with van der Waals surface area (Å²) in [6, 6.07) is 18.1. The molecule has 1 aliphatic rings. The first kappa shape index (κ1) is 14.1. The Morgan fingerprint density at radius 1 is 1.10 bits per heavy atom. The lowest BCUT2D eigenvalue weighted by Crippen LogP contribution is -2.52. The largest absolute Gasteiger partial charge is 0.365 e. The van der Waals surface area contributed by atoms with Crippen LogP contribution < -0.4 is 10.2 Å². The van der Waals surface area contributed by atoms with E-state index >= 15 is 0 Å². The molecule has 1 saturated heterocycles. The van der Waals surface area contributed by atoms with Crippen LogP contribution in [-0.4, -0.2) is 19.1 Å². The minimum atomic E-state index is -0.179. The Kier molecular flexibility index (Phi) is 4.20. The molecular weight excluding hydrogens is 263 g/mol. The normalized spacial score (nSPS) is 22.3. The standard InChI is InChI=1S/C18H21FN2/c1-2-16-12-20-18(14-6-4-3-5-7-14)13-21(16)17-10-8-15(19)9-11-17/h3-11,16,18,20H,2,12-13H2,1H3. The molecule has 1 N–H and O–H groups in total. The highest BCUT2D eigenvalue weighted by Gasteiger charge is 2.27. The molecule has 3 rings (SSSR count). The quantitative estimate of drug-likeness (QED) is 0.923. The molecule has 0 aromatic heterocycles. The molecule has 0 radical (unpaired) electrons. The van der Waals surface area contributed by atoms with Crippen molar-refractivity contribution in [2.75, 3.05) is 18.0 Å². The van der Waals surface area contributed by atoms with Crippen molar-refractivity contribution in [3.8, 4) is 0 Å². The zero-order chi connectivity index (χ0) is 14.7. The fourth-order valence-electron chi connectivity index (χ4n) is 3.02. The highest BCUT2D eigenvalue weighted by Crippen LogP contribution is 2.26. The van der Waals surface area contributed by atoms with Crippen molar-refractivity contribution in [1.82, 2.24) is 5.32 Å². The molecule has 1 heterocycles. The van der Waals surface area contributed by atoms with E-state index in [9.17, 15) is 4.39 Å². The van der Waals surface area contributed by atoms with Gasteiger partial charge in [0.2, 0.25) is 0 Å². The summed E-state index contributed by atoms with van der Waals surface area (Å²) >= 11 is 0. The fraction of sp³-hybridized carbons (Fsp3) is 0.333. The summed E-state index contributed by atoms with van der Waals surface area (Å²) in [7, 11) is 0. The van der Waals surface area contributed by atoms with Crippen LogP contribution in [0, 0.1) is 5.82 Å². The van der Waals surface area contributed by atoms with Gasteiger partial charge in [-0.3, -0.25) is 0 Å². The van der Waals surface area contributed by atoms with E-state index in [4.69, 9.17) is 0 Å². The number of hydrogen-bond donors (Lipinski definition) is 1. The predicted molar refractivity (Wildman–Crippen MR) is 85.0 cm³/mol. The van der Waals surface area contributed by atoms with Gasteiger partial charge in [0.25, 0.3) is 0 Å². The number of halogens is 1. The van der Waals surface area contributed by atoms with Crippen molar-refractivity contribution >= 4 is 5.69 Å². The number of hydrogen-bond acceptors (Lipinski definition) is 2. The van der Waals surface area contributed by atoms with Gasteiger partial charge in [-0.25, -0.2) is 4.39 Å². The highest BCUT2D eigenvalue weighted by atomic mass is 19.1. The van der Waals surface area contributed by atoms with E-state index in [0.29, 0.717) is 12.1 Å². The maximum Gasteiger partial charge on any atom is 0.123 e. The topological polar surface area (TPSA) is 15.3 Å². The summed E-state index contributed by atoms with van der Waals surface area (Å²) in [5.41, 5.74) is 2.41. The minimum Gasteiger partial charge on any atom is -0.365 e. The summed E-state index contributed by atoms with van der Waals surface area (Å²) in [5.74, 6) is -0.179. The number of piperazine rings is 1. The first-order chi connectivity index (χ1) is 10.3. The molecule has 2 aromatic rings. The molecule has 1 fully saturated rings. The number of nitrogens with zero attached hydrogens (tertiary/aromatic N) is 1. The van der Waals surface area contributed by atoms with E-state index < -0.39 is 0 Å². The molecule has 0 saturated carbocycles. The third-order valence-electron chi connectivity index (χ3n) is 4.25. The van der Waals surface area contributed by atoms with Crippen molar-refractivity contribution in [2.24, 2.45) is 0 Å². The smallest absolute Gasteiger partial charge is 0.123 e. The molecular formula is C18H21FN2. The van der Waals surface area contributed by atoms with Gasteiger partial charge >= 0.3 is 0 Å². The Balaban J connectivity index is 1.83. The number of benzene rings is 2. The second-order valence-electron chi connectivity index (χ2n) is 5.56. The average molecular weight is 284 g/mol. The monoisotopic (exact) mass is 284 g/mol. The fourth-order valence-corrected chi connectivity index (χ4v) is 3.02. The van der Waals surface area contributed by atoms with Crippen LogP contribution in [-0.2, 0) is 0 Å². The lowest BCUT2D eigenvalue weighted by atomic mass is 10.00. The second kappa shape index (κ2) is 6.27. The van der Waals surface area contributed by atoms with E-state index in [-0.39, 0.29) is 5.82 Å². The van der Waals surface area contributed by atoms with Crippen molar-refractivity contribution in [2.45, 2.75) is 25.4 Å². The molecule has 21 heavy (non-hydrogen) atoms. The van der Waals surface area contributed by atoms with Crippen molar-refractivity contribution in [1.29, 1.82) is 0 Å². The van der Waals surface area contributed by atoms with E-state index in [0.717, 1.165) is 25.2 Å². The molecule has 0 bridgehead atoms. The Morgan fingerprint density at radius 3 is 2.48 bits per heavy atom. The maximum atomic E-state index is 13.1. The van der Waals surface area contributed by atoms with Crippen LogP contribution in [0.15, 0.2) is 54.6 Å². The van der Waals surface area contributed by atoms with Crippen LogP contribution in [0.3, 0.4) is 0 Å². The van der Waals surface area contributed by atoms with Crippen LogP contribution in [0.25, 0.3) is 0 Å². The number of anilines is 1. The zero-order valence-corrected chi connectivity index (χ0v) is 12.3. The first-order valence-corrected chi connectivity index (χ1v) is 7.58. The first-order valence-electron chi connectivity index (χ1n) is 7.58. The second-order valence-corrected chi connectivity index (χ2v) is 5.56. The average Bonchev–Trinajstić information content (AvgIpc) is 2.56. The van der Waals surface area contributed by atoms with Gasteiger partial charge in [-0.05, 0) is 36.2 Å². The van der Waals surface area contributed by atoms with Crippen LogP contribution in [0.2, 0.25) is 0 Å². The van der Waals surface area contributed by atoms with Gasteiger partial charge in [0.05, 0.1) is 0 Å². The molecule has 0 amide bonds. The summed E-state index contributed by atoms with van der Waals surface area (Å²) < 4.78 is 13.1. The van der Waals surface area contributed by atoms with Gasteiger partial charge in [-0.15, -0.1) is 0 Å². The van der Waals surface area contributed by atoms with Crippen LogP contribution in [0.1, 0.15) is 24.9 Å². The highest BCUT2D eigenvalue weighted by molar-refractivity contribution is 5.48. The number of nitrogens with one attached hydrogen (secondary N) is 1. The molecule has 0 aliphatic carbocycles. The third-order valence-corrected chi connectivity index (χ3v) is 4.25. The van der Waals surface area contributed by atoms with Crippen molar-refractivity contribution in [3.63, 3.8) is 0 Å². The molecule has 0 spiro atoms. The van der Waals surface area contributed by atoms with E-state index in [1.54, 1.807) is 12.1 Å². The minimum absolute atomic E-state index is 0.179. The molecule has 110 valence electrons. The van der Waals surface area contributed by atoms with Gasteiger partial charge in [-0.2, -0.15) is 0 Å². The molecule has 2 nitrogen and oxygen atoms in total. The number of rotatable bonds is 3. The van der Waals surface area contributed by atoms with E-state index in [2.05, 4.69) is 41.4 Å². The Labute approximate surface area is 125 Å². The van der Waals surface area contributed by atoms with Crippen LogP contribution in [0.5, 0.6) is 0 Å². The Morgan fingerprint density at radius 2 is 1.81 bits per heavy atom. The van der Waals surface area contributed by atoms with Gasteiger partial charge in [-0.1, -0.05) is 37.3 Å². The summed E-state index contributed by atoms with van der Waals surface area (Å²) in [5, 5.41) is 3.63. The predicted octanol–water partition coefficient (Wildman–Crippen LogP) is 3.76. The van der Waals surface area contributed by atoms with Gasteiger partial charge in [0.15, 0.2) is 0 Å². The van der Waals surface area contributed by atoms with Crippen LogP contribution in [0.4, 0.5) is 10.1 Å². The van der Waals surface area contributed by atoms with Gasteiger partial charge in [0.1, 0.15) is 5.82 Å². The SMILES string of the molecule is CCC1CNC(c2ccccc2)CN1c1ccc(F)cc1. The van der Waals surface area contributed by atoms with E-state index in [1.165, 1.54) is 5.56 Å². The molecule has 1 aliphatic heterocycles. The lowest BCUT2D eigenvalue weighted by molar-refractivity contribution is 0.393. The lowest BCUT2D eigenvalue weighted by Gasteiger charge is -2.42. The van der Waals surface area contributed by atoms with Crippen molar-refractivity contribution in [3.05, 3.63) is 66.0 Å². The zero-order valence-electron chi connectivity index (χ0n) is 12.3. The summed E-state index contributed by atoms with van der Waals surface area (Å²) in [6.45, 7) is 4.06. The summed E-state index contributed by atoms with van der Waals surface area (Å²) in [4.78, 5) is 2.40. The molecule has 2 unspecified atom stereocenters. The molecule has 2 aromatic carbocycles. The van der Waals surface area contributed by atoms with Gasteiger partial charge in [0, 0.05) is 30.9 Å². The Hall–Kier alpha value is -1.87. The molecule has 2 atom stereocenters. The van der Waals surface area contributed by atoms with Gasteiger partial charge < -0.3 is 10.2 Å². The summed E-state index contributed by atoms with van der Waals surface area (Å²) in [6.07, 6.45) is 1.08. The third kappa shape index (κ3) is 3.08. The maximum absolute atomic E-state index is 13.1. The Bertz CT molecular complexity index is 568. The molecule has 3 heteroatoms. The van der Waals surface area contributed by atoms with Crippen LogP contribution >= 0.6 is 0 Å². The van der Waals surface area contributed by atoms with E-state index in [1.807, 2.05) is 18.2 Å².